The molecule has 0 aliphatic heterocycles. The van der Waals surface area contributed by atoms with Crippen LogP contribution in [0, 0.1) is 29.1 Å². The summed E-state index contributed by atoms with van der Waals surface area (Å²) in [6.45, 7) is 1.13. The standard InChI is InChI=1S/C18H25F5O3/c1-3-16(2,17(19,20)18(21,22)23)15(24)26-9-25-14-12-5-10-4-11(7-12)8-13(14)6-10/h10-14H,3-9H2,1-2H3. The third kappa shape index (κ3) is 3.12. The minimum Gasteiger partial charge on any atom is -0.438 e. The highest BCUT2D eigenvalue weighted by Crippen LogP contribution is 2.55. The molecule has 4 fully saturated rings. The average molecular weight is 384 g/mol. The first-order valence-electron chi connectivity index (χ1n) is 9.23. The van der Waals surface area contributed by atoms with Gasteiger partial charge in [0.05, 0.1) is 6.10 Å². The number of carbonyl (C=O) groups excluding carboxylic acids is 1. The predicted octanol–water partition coefficient (Wildman–Crippen LogP) is 4.94. The first-order chi connectivity index (χ1) is 12.0. The number of hydrogen-bond acceptors (Lipinski definition) is 3. The molecule has 3 nitrogen and oxygen atoms in total. The van der Waals surface area contributed by atoms with E-state index in [1.165, 1.54) is 6.42 Å². The normalized spacial score (nSPS) is 36.0. The second kappa shape index (κ2) is 6.60. The fraction of sp³-hybridized carbons (Fsp3) is 0.944. The number of halogens is 5. The lowest BCUT2D eigenvalue weighted by molar-refractivity contribution is -0.323. The molecule has 4 aliphatic carbocycles. The van der Waals surface area contributed by atoms with Gasteiger partial charge in [0.15, 0.2) is 6.79 Å². The zero-order chi connectivity index (χ0) is 19.3. The van der Waals surface area contributed by atoms with Crippen molar-refractivity contribution in [3.8, 4) is 0 Å². The Morgan fingerprint density at radius 3 is 1.88 bits per heavy atom. The first-order valence-corrected chi connectivity index (χ1v) is 9.23. The zero-order valence-electron chi connectivity index (χ0n) is 15.0. The molecule has 4 rings (SSSR count). The van der Waals surface area contributed by atoms with Gasteiger partial charge in [0.25, 0.3) is 0 Å². The Labute approximate surface area is 149 Å². The Bertz CT molecular complexity index is 519. The largest absolute Gasteiger partial charge is 0.454 e. The molecular formula is C18H25F5O3. The van der Waals surface area contributed by atoms with Crippen LogP contribution in [0.4, 0.5) is 22.0 Å². The minimum atomic E-state index is -5.82. The van der Waals surface area contributed by atoms with E-state index in [1.807, 2.05) is 0 Å². The molecule has 1 atom stereocenters. The van der Waals surface area contributed by atoms with E-state index >= 15 is 0 Å². The molecule has 0 N–H and O–H groups in total. The molecule has 1 unspecified atom stereocenters. The van der Waals surface area contributed by atoms with E-state index in [-0.39, 0.29) is 6.10 Å². The van der Waals surface area contributed by atoms with Crippen molar-refractivity contribution >= 4 is 5.97 Å². The highest BCUT2D eigenvalue weighted by atomic mass is 19.4. The van der Waals surface area contributed by atoms with Crippen LogP contribution in [0.3, 0.4) is 0 Å². The van der Waals surface area contributed by atoms with Crippen LogP contribution < -0.4 is 0 Å². The summed E-state index contributed by atoms with van der Waals surface area (Å²) in [6, 6.07) is 0. The zero-order valence-corrected chi connectivity index (χ0v) is 15.0. The third-order valence-electron chi connectivity index (χ3n) is 6.80. The summed E-state index contributed by atoms with van der Waals surface area (Å²) in [6.07, 6.45) is -1.11. The molecule has 0 amide bonds. The van der Waals surface area contributed by atoms with Gasteiger partial charge in [-0.2, -0.15) is 22.0 Å². The van der Waals surface area contributed by atoms with E-state index in [2.05, 4.69) is 0 Å². The van der Waals surface area contributed by atoms with Gasteiger partial charge in [0, 0.05) is 0 Å². The molecule has 150 valence electrons. The van der Waals surface area contributed by atoms with E-state index in [1.54, 1.807) is 0 Å². The second-order valence-corrected chi connectivity index (χ2v) is 8.37. The first kappa shape index (κ1) is 19.8. The Balaban J connectivity index is 1.58. The Morgan fingerprint density at radius 1 is 0.962 bits per heavy atom. The number of hydrogen-bond donors (Lipinski definition) is 0. The summed E-state index contributed by atoms with van der Waals surface area (Å²) < 4.78 is 76.1. The maximum atomic E-state index is 13.8. The SMILES string of the molecule is CCC(C)(C(=O)OCOC1C2CC3CC(C2)CC1C3)C(F)(F)C(F)(F)F. The van der Waals surface area contributed by atoms with Crippen LogP contribution in [0.25, 0.3) is 0 Å². The van der Waals surface area contributed by atoms with Gasteiger partial charge in [0.2, 0.25) is 0 Å². The number of carbonyl (C=O) groups is 1. The number of rotatable bonds is 6. The quantitative estimate of drug-likeness (QED) is 0.370. The Morgan fingerprint density at radius 2 is 1.46 bits per heavy atom. The van der Waals surface area contributed by atoms with E-state index in [9.17, 15) is 26.7 Å². The monoisotopic (exact) mass is 384 g/mol. The molecule has 0 aromatic carbocycles. The molecule has 4 saturated carbocycles. The van der Waals surface area contributed by atoms with Crippen molar-refractivity contribution in [3.63, 3.8) is 0 Å². The molecule has 0 radical (unpaired) electrons. The van der Waals surface area contributed by atoms with Crippen LogP contribution in [0.1, 0.15) is 52.4 Å². The molecule has 4 aliphatic rings. The maximum Gasteiger partial charge on any atom is 0.454 e. The van der Waals surface area contributed by atoms with Gasteiger partial charge in [0.1, 0.15) is 5.41 Å². The third-order valence-corrected chi connectivity index (χ3v) is 6.80. The summed E-state index contributed by atoms with van der Waals surface area (Å²) in [5.74, 6) is -4.57. The molecule has 0 heterocycles. The number of alkyl halides is 5. The summed E-state index contributed by atoms with van der Waals surface area (Å²) in [5, 5.41) is 0. The fourth-order valence-electron chi connectivity index (χ4n) is 5.28. The highest BCUT2D eigenvalue weighted by molar-refractivity contribution is 5.77. The van der Waals surface area contributed by atoms with Crippen molar-refractivity contribution in [2.75, 3.05) is 6.79 Å². The summed E-state index contributed by atoms with van der Waals surface area (Å²) in [5.41, 5.74) is -2.97. The molecule has 0 aromatic rings. The molecular weight excluding hydrogens is 359 g/mol. The lowest BCUT2D eigenvalue weighted by Gasteiger charge is -2.53. The Hall–Kier alpha value is -0.920. The lowest BCUT2D eigenvalue weighted by atomic mass is 9.55. The second-order valence-electron chi connectivity index (χ2n) is 8.37. The van der Waals surface area contributed by atoms with Crippen molar-refractivity contribution < 1.29 is 36.2 Å². The summed E-state index contributed by atoms with van der Waals surface area (Å²) >= 11 is 0. The molecule has 0 aromatic heterocycles. The minimum absolute atomic E-state index is 0.0911. The van der Waals surface area contributed by atoms with Crippen molar-refractivity contribution in [1.29, 1.82) is 0 Å². The smallest absolute Gasteiger partial charge is 0.438 e. The van der Waals surface area contributed by atoms with Crippen molar-refractivity contribution in [3.05, 3.63) is 0 Å². The average Bonchev–Trinajstić information content (AvgIpc) is 2.54. The predicted molar refractivity (Wildman–Crippen MR) is 82.3 cm³/mol. The van der Waals surface area contributed by atoms with Crippen molar-refractivity contribution in [2.24, 2.45) is 29.1 Å². The van der Waals surface area contributed by atoms with Gasteiger partial charge < -0.3 is 9.47 Å². The van der Waals surface area contributed by atoms with Crippen LogP contribution in [-0.4, -0.2) is 31.0 Å². The molecule has 8 heteroatoms. The van der Waals surface area contributed by atoms with Crippen molar-refractivity contribution in [2.45, 2.75) is 70.6 Å². The van der Waals surface area contributed by atoms with Crippen molar-refractivity contribution in [1.82, 2.24) is 0 Å². The molecule has 4 bridgehead atoms. The van der Waals surface area contributed by atoms with Crippen LogP contribution in [0.2, 0.25) is 0 Å². The van der Waals surface area contributed by atoms with E-state index in [4.69, 9.17) is 9.47 Å². The maximum absolute atomic E-state index is 13.8. The van der Waals surface area contributed by atoms with E-state index < -0.39 is 36.7 Å². The number of esters is 1. The van der Waals surface area contributed by atoms with Crippen LogP contribution in [-0.2, 0) is 14.3 Å². The van der Waals surface area contributed by atoms with Crippen LogP contribution in [0.5, 0.6) is 0 Å². The molecule has 0 spiro atoms. The van der Waals surface area contributed by atoms with Gasteiger partial charge in [-0.25, -0.2) is 0 Å². The van der Waals surface area contributed by atoms with Crippen LogP contribution in [0.15, 0.2) is 0 Å². The fourth-order valence-corrected chi connectivity index (χ4v) is 5.28. The number of ether oxygens (including phenoxy) is 2. The highest BCUT2D eigenvalue weighted by Gasteiger charge is 2.71. The lowest BCUT2D eigenvalue weighted by Crippen LogP contribution is -2.55. The van der Waals surface area contributed by atoms with Gasteiger partial charge in [-0.05, 0) is 69.1 Å². The Kier molecular flexibility index (Phi) is 5.04. The summed E-state index contributed by atoms with van der Waals surface area (Å²) in [4.78, 5) is 12.1. The summed E-state index contributed by atoms with van der Waals surface area (Å²) in [7, 11) is 0. The topological polar surface area (TPSA) is 35.5 Å². The molecule has 26 heavy (non-hydrogen) atoms. The van der Waals surface area contributed by atoms with Crippen LogP contribution >= 0.6 is 0 Å². The van der Waals surface area contributed by atoms with Gasteiger partial charge in [-0.15, -0.1) is 0 Å². The van der Waals surface area contributed by atoms with E-state index in [0.29, 0.717) is 30.6 Å². The van der Waals surface area contributed by atoms with E-state index in [0.717, 1.165) is 32.6 Å². The van der Waals surface area contributed by atoms with Gasteiger partial charge in [-0.1, -0.05) is 6.92 Å². The van der Waals surface area contributed by atoms with Gasteiger partial charge >= 0.3 is 18.1 Å². The molecule has 0 saturated heterocycles. The van der Waals surface area contributed by atoms with Gasteiger partial charge in [-0.3, -0.25) is 4.79 Å².